The fourth-order valence-corrected chi connectivity index (χ4v) is 12.5. The van der Waals surface area contributed by atoms with Crippen molar-refractivity contribution in [1.29, 1.82) is 0 Å². The lowest BCUT2D eigenvalue weighted by Crippen LogP contribution is -2.79. The van der Waals surface area contributed by atoms with Crippen molar-refractivity contribution >= 4 is 85.3 Å². The van der Waals surface area contributed by atoms with Crippen LogP contribution in [-0.4, -0.2) is 32.6 Å². The standard InChI is InChI=1S/C34H31O4S.C24BCl4F16/c1-4-14-28(15-5-1)35-24-26-37-31-20-10-12-22-33(31)39(30-18-8-3-9-19-30)34-23-13-11-21-32(34)38-27-25-36-29-16-6-2-7-17-29;26-5-1(9(30)17(38)21(42)13(5)34)25(2-6(27)14(35)22(43)18(39)10(2)31,3-7(28)15(36)23(44)19(40)11(3)32)4-8(29)16(37)24(45)20(41)12(4)33/h1-23H,24-27H2;/q+1;-1. The van der Waals surface area contributed by atoms with Gasteiger partial charge in [0.1, 0.15) is 78.2 Å². The van der Waals surface area contributed by atoms with E-state index in [1.54, 1.807) is 0 Å². The number of ether oxygens (including phenoxy) is 4. The average Bonchev–Trinajstić information content (AvgIpc) is 0.726. The van der Waals surface area contributed by atoms with Gasteiger partial charge in [-0.25, -0.2) is 70.2 Å². The Balaban J connectivity index is 0.000000221. The van der Waals surface area contributed by atoms with Crippen LogP contribution in [0.2, 0.25) is 20.1 Å². The minimum atomic E-state index is -6.24. The number of benzene rings is 9. The molecule has 0 saturated carbocycles. The maximum atomic E-state index is 15.8. The molecule has 4 nitrogen and oxygen atoms in total. The summed E-state index contributed by atoms with van der Waals surface area (Å²) in [7, 11) is -0.452. The predicted octanol–water partition coefficient (Wildman–Crippen LogP) is 15.6. The molecule has 0 unspecified atom stereocenters. The normalized spacial score (nSPS) is 11.4. The lowest BCUT2D eigenvalue weighted by molar-refractivity contribution is 0.213. The summed E-state index contributed by atoms with van der Waals surface area (Å²) in [6, 6.07) is 46.6. The van der Waals surface area contributed by atoms with Crippen molar-refractivity contribution in [3.8, 4) is 23.0 Å². The van der Waals surface area contributed by atoms with Gasteiger partial charge in [-0.15, -0.1) is 21.9 Å². The van der Waals surface area contributed by atoms with Crippen LogP contribution in [0, 0.1) is 93.1 Å². The molecule has 0 bridgehead atoms. The second-order valence-corrected chi connectivity index (χ2v) is 20.8. The first-order valence-corrected chi connectivity index (χ1v) is 26.6. The molecular weight excluding hydrogens is 1250 g/mol. The third-order valence-corrected chi connectivity index (χ3v) is 16.3. The maximum Gasteiger partial charge on any atom is 0.208 e. The highest BCUT2D eigenvalue weighted by molar-refractivity contribution is 7.97. The Labute approximate surface area is 488 Å². The fourth-order valence-electron chi connectivity index (χ4n) is 8.94. The summed E-state index contributed by atoms with van der Waals surface area (Å²) >= 11 is 22.3. The maximum absolute atomic E-state index is 15.8. The first-order valence-electron chi connectivity index (χ1n) is 23.9. The quantitative estimate of drug-likeness (QED) is 0.0227. The van der Waals surface area contributed by atoms with E-state index in [0.717, 1.165) is 32.8 Å². The number of hydrogen-bond acceptors (Lipinski definition) is 4. The van der Waals surface area contributed by atoms with Gasteiger partial charge in [0.05, 0.1) is 0 Å². The van der Waals surface area contributed by atoms with E-state index in [-0.39, 0.29) is 0 Å². The molecule has 0 atom stereocenters. The molecule has 9 aromatic rings. The molecule has 0 spiro atoms. The number of rotatable bonds is 17. The van der Waals surface area contributed by atoms with Crippen molar-refractivity contribution < 1.29 is 89.2 Å². The summed E-state index contributed by atoms with van der Waals surface area (Å²) in [6.07, 6.45) is -6.24. The third-order valence-electron chi connectivity index (χ3n) is 12.5. The first kappa shape index (κ1) is 62.7. The van der Waals surface area contributed by atoms with E-state index >= 15 is 17.6 Å². The minimum absolute atomic E-state index is 0.437. The Kier molecular flexibility index (Phi) is 19.9. The van der Waals surface area contributed by atoms with Crippen LogP contribution in [-0.2, 0) is 10.9 Å². The van der Waals surface area contributed by atoms with E-state index in [0.29, 0.717) is 26.4 Å². The van der Waals surface area contributed by atoms with Gasteiger partial charge in [-0.2, -0.15) is 0 Å². The van der Waals surface area contributed by atoms with Gasteiger partial charge >= 0.3 is 0 Å². The lowest BCUT2D eigenvalue weighted by Gasteiger charge is -2.46. The first-order chi connectivity index (χ1) is 40.1. The molecule has 26 heteroatoms. The second-order valence-electron chi connectivity index (χ2n) is 17.3. The van der Waals surface area contributed by atoms with E-state index in [4.69, 9.17) is 65.4 Å². The van der Waals surface area contributed by atoms with Crippen LogP contribution in [0.4, 0.5) is 70.2 Å². The fraction of sp³-hybridized carbons (Fsp3) is 0.0690. The Bertz CT molecular complexity index is 3430. The van der Waals surface area contributed by atoms with Crippen molar-refractivity contribution in [2.45, 2.75) is 14.7 Å². The van der Waals surface area contributed by atoms with Crippen LogP contribution in [0.1, 0.15) is 0 Å². The van der Waals surface area contributed by atoms with Crippen molar-refractivity contribution in [2.24, 2.45) is 0 Å². The largest absolute Gasteiger partial charge is 0.490 e. The van der Waals surface area contributed by atoms with Gasteiger partial charge in [-0.3, -0.25) is 0 Å². The molecule has 0 aliphatic rings. The molecule has 0 saturated heterocycles. The third kappa shape index (κ3) is 11.9. The lowest BCUT2D eigenvalue weighted by atomic mass is 9.12. The zero-order valence-electron chi connectivity index (χ0n) is 41.8. The average molecular weight is 1280 g/mol. The van der Waals surface area contributed by atoms with Crippen LogP contribution in [0.15, 0.2) is 154 Å². The van der Waals surface area contributed by atoms with Crippen LogP contribution < -0.4 is 40.8 Å². The SMILES string of the molecule is Fc1c(F)c(F)c([B-](c2c(F)c(F)c(F)c(F)c2Cl)(c2c(F)c(F)c(F)c(F)c2Cl)c2c(F)c(F)c(F)c(F)c2Cl)c(Cl)c1F.c1ccc(OCCOc2ccccc2[S+](c2ccccc2)c2ccccc2OCCOc2ccccc2)cc1. The molecule has 436 valence electrons. The smallest absolute Gasteiger partial charge is 0.208 e. The van der Waals surface area contributed by atoms with Gasteiger partial charge in [0, 0.05) is 20.1 Å². The highest BCUT2D eigenvalue weighted by atomic mass is 35.5. The summed E-state index contributed by atoms with van der Waals surface area (Å²) < 4.78 is 262. The molecule has 0 aliphatic heterocycles. The van der Waals surface area contributed by atoms with Gasteiger partial charge in [0.15, 0.2) is 86.2 Å². The second kappa shape index (κ2) is 26.7. The van der Waals surface area contributed by atoms with Gasteiger partial charge in [0.25, 0.3) is 0 Å². The van der Waals surface area contributed by atoms with Crippen molar-refractivity contribution in [2.75, 3.05) is 26.4 Å². The summed E-state index contributed by atoms with van der Waals surface area (Å²) in [4.78, 5) is 3.38. The van der Waals surface area contributed by atoms with Crippen molar-refractivity contribution in [1.82, 2.24) is 0 Å². The van der Waals surface area contributed by atoms with Crippen LogP contribution >= 0.6 is 46.4 Å². The number of hydrogen-bond donors (Lipinski definition) is 0. The summed E-state index contributed by atoms with van der Waals surface area (Å²) in [5, 5.41) is -9.69. The predicted molar refractivity (Wildman–Crippen MR) is 286 cm³/mol. The Hall–Kier alpha value is -7.37. The van der Waals surface area contributed by atoms with Gasteiger partial charge in [-0.1, -0.05) is 125 Å². The molecule has 0 N–H and O–H groups in total. The van der Waals surface area contributed by atoms with E-state index in [1.807, 2.05) is 91.0 Å². The molecular formula is C58H31BCl4F16O4S. The summed E-state index contributed by atoms with van der Waals surface area (Å²) in [5.74, 6) is -45.0. The zero-order chi connectivity index (χ0) is 60.9. The monoisotopic (exact) mass is 1280 g/mol. The molecule has 0 fully saturated rings. The Morgan fingerprint density at radius 3 is 0.810 bits per heavy atom. The molecule has 84 heavy (non-hydrogen) atoms. The molecule has 0 aliphatic carbocycles. The molecule has 0 amide bonds. The van der Waals surface area contributed by atoms with E-state index in [2.05, 4.69) is 48.5 Å². The Morgan fingerprint density at radius 1 is 0.274 bits per heavy atom. The van der Waals surface area contributed by atoms with Crippen LogP contribution in [0.3, 0.4) is 0 Å². The van der Waals surface area contributed by atoms with E-state index < -0.39 is 152 Å². The molecule has 0 radical (unpaired) electrons. The van der Waals surface area contributed by atoms with Gasteiger partial charge in [0.2, 0.25) is 9.79 Å². The van der Waals surface area contributed by atoms with Gasteiger partial charge in [-0.05, 0) is 60.7 Å². The molecule has 9 rings (SSSR count). The zero-order valence-corrected chi connectivity index (χ0v) is 45.6. The number of halogens is 20. The topological polar surface area (TPSA) is 36.9 Å². The van der Waals surface area contributed by atoms with Crippen molar-refractivity contribution in [3.63, 3.8) is 0 Å². The highest BCUT2D eigenvalue weighted by Gasteiger charge is 2.51. The summed E-state index contributed by atoms with van der Waals surface area (Å²) in [5.41, 5.74) is -10.7. The van der Waals surface area contributed by atoms with Crippen LogP contribution in [0.25, 0.3) is 0 Å². The Morgan fingerprint density at radius 2 is 0.512 bits per heavy atom. The van der Waals surface area contributed by atoms with Crippen molar-refractivity contribution in [3.05, 3.63) is 253 Å². The van der Waals surface area contributed by atoms with Gasteiger partial charge < -0.3 is 18.9 Å². The van der Waals surface area contributed by atoms with Crippen LogP contribution in [0.5, 0.6) is 23.0 Å². The molecule has 0 aromatic heterocycles. The number of para-hydroxylation sites is 4. The highest BCUT2D eigenvalue weighted by Crippen LogP contribution is 2.41. The van der Waals surface area contributed by atoms with E-state index in [9.17, 15) is 52.7 Å². The summed E-state index contributed by atoms with van der Waals surface area (Å²) in [6.45, 7) is 1.79. The minimum Gasteiger partial charge on any atom is -0.490 e. The van der Waals surface area contributed by atoms with E-state index in [1.165, 1.54) is 4.90 Å². The molecule has 0 heterocycles. The molecule has 9 aromatic carbocycles.